The van der Waals surface area contributed by atoms with Crippen LogP contribution in [0.4, 0.5) is 8.78 Å². The van der Waals surface area contributed by atoms with E-state index >= 15 is 0 Å². The number of hydrogen-bond acceptors (Lipinski definition) is 3. The van der Waals surface area contributed by atoms with Crippen LogP contribution in [-0.4, -0.2) is 38.6 Å². The summed E-state index contributed by atoms with van der Waals surface area (Å²) in [5, 5.41) is 0.805. The van der Waals surface area contributed by atoms with Crippen LogP contribution in [0.15, 0.2) is 11.1 Å². The summed E-state index contributed by atoms with van der Waals surface area (Å²) < 4.78 is 50.5. The Morgan fingerprint density at radius 1 is 0.955 bits per heavy atom. The average Bonchev–Trinajstić information content (AvgIpc) is 2.43. The molecule has 0 aromatic heterocycles. The zero-order chi connectivity index (χ0) is 17.0. The largest absolute Gasteiger partial charge is 0.370 e. The highest BCUT2D eigenvalue weighted by Gasteiger charge is 2.22. The van der Waals surface area contributed by atoms with E-state index in [4.69, 9.17) is 0 Å². The molecule has 0 rings (SSSR count). The number of unbranched alkanes of at least 4 members (excludes halogenated alkanes) is 4. The molecular weight excluding hydrogens is 308 g/mol. The number of nitrogens with zero attached hydrogens (tertiary/aromatic N) is 1. The molecule has 3 nitrogen and oxygen atoms in total. The van der Waals surface area contributed by atoms with Gasteiger partial charge in [-0.3, -0.25) is 0 Å². The molecule has 0 aliphatic carbocycles. The lowest BCUT2D eigenvalue weighted by Gasteiger charge is -2.27. The summed E-state index contributed by atoms with van der Waals surface area (Å²) in [6, 6.07) is 0. The van der Waals surface area contributed by atoms with Crippen molar-refractivity contribution in [3.8, 4) is 0 Å². The fourth-order valence-corrected chi connectivity index (χ4v) is 3.57. The normalized spacial score (nSPS) is 12.9. The quantitative estimate of drug-likeness (QED) is 0.460. The Balaban J connectivity index is 5.14. The lowest BCUT2D eigenvalue weighted by atomic mass is 10.2. The van der Waals surface area contributed by atoms with Crippen LogP contribution < -0.4 is 0 Å². The van der Waals surface area contributed by atoms with Crippen molar-refractivity contribution in [3.63, 3.8) is 0 Å². The summed E-state index contributed by atoms with van der Waals surface area (Å²) in [6.45, 7) is 6.83. The molecule has 6 heteroatoms. The van der Waals surface area contributed by atoms with Gasteiger partial charge in [0.25, 0.3) is 6.43 Å². The Morgan fingerprint density at radius 3 is 1.82 bits per heavy atom. The van der Waals surface area contributed by atoms with Crippen molar-refractivity contribution in [3.05, 3.63) is 11.1 Å². The molecule has 22 heavy (non-hydrogen) atoms. The Labute approximate surface area is 134 Å². The van der Waals surface area contributed by atoms with Crippen LogP contribution in [0.2, 0.25) is 0 Å². The molecule has 0 aromatic rings. The Bertz CT molecular complexity index is 398. The van der Waals surface area contributed by atoms with Crippen molar-refractivity contribution < 1.29 is 17.2 Å². The predicted octanol–water partition coefficient (Wildman–Crippen LogP) is 4.60. The lowest BCUT2D eigenvalue weighted by Crippen LogP contribution is -2.30. The molecule has 0 aliphatic rings. The molecule has 0 fully saturated rings. The number of hydrogen-bond donors (Lipinski definition) is 0. The highest BCUT2D eigenvalue weighted by Crippen LogP contribution is 2.19. The first-order chi connectivity index (χ1) is 10.4. The van der Waals surface area contributed by atoms with Crippen LogP contribution >= 0.6 is 0 Å². The van der Waals surface area contributed by atoms with Gasteiger partial charge in [0.1, 0.15) is 0 Å². The summed E-state index contributed by atoms with van der Waals surface area (Å²) in [4.78, 5) is 1.57. The zero-order valence-corrected chi connectivity index (χ0v) is 15.0. The molecule has 0 saturated carbocycles. The van der Waals surface area contributed by atoms with E-state index in [-0.39, 0.29) is 11.4 Å². The molecule has 0 bridgehead atoms. The second-order valence-corrected chi connectivity index (χ2v) is 7.58. The topological polar surface area (TPSA) is 37.4 Å². The molecule has 0 aliphatic heterocycles. The average molecular weight is 339 g/mol. The van der Waals surface area contributed by atoms with E-state index in [0.29, 0.717) is 19.5 Å². The van der Waals surface area contributed by atoms with Gasteiger partial charge in [-0.1, -0.05) is 46.5 Å². The Hall–Kier alpha value is -0.650. The second-order valence-electron chi connectivity index (χ2n) is 5.61. The van der Waals surface area contributed by atoms with E-state index in [1.807, 2.05) is 0 Å². The maximum absolute atomic E-state index is 13.4. The minimum absolute atomic E-state index is 0.0824. The van der Waals surface area contributed by atoms with Crippen LogP contribution in [0.25, 0.3) is 0 Å². The second kappa shape index (κ2) is 11.9. The van der Waals surface area contributed by atoms with E-state index in [2.05, 4.69) is 13.8 Å². The number of alkyl halides is 2. The SMILES string of the molecule is CCCCCN(CCCCC)C(=CS(=O)(=O)CCC)C(F)F. The summed E-state index contributed by atoms with van der Waals surface area (Å²) in [6.07, 6.45) is 3.22. The van der Waals surface area contributed by atoms with Gasteiger partial charge in [-0.05, 0) is 19.3 Å². The van der Waals surface area contributed by atoms with Crippen LogP contribution in [0.1, 0.15) is 65.7 Å². The first-order valence-corrected chi connectivity index (χ1v) is 10.1. The van der Waals surface area contributed by atoms with Gasteiger partial charge in [-0.25, -0.2) is 17.2 Å². The van der Waals surface area contributed by atoms with E-state index in [1.54, 1.807) is 11.8 Å². The maximum Gasteiger partial charge on any atom is 0.278 e. The minimum Gasteiger partial charge on any atom is -0.370 e. The lowest BCUT2D eigenvalue weighted by molar-refractivity contribution is 0.137. The Morgan fingerprint density at radius 2 is 1.45 bits per heavy atom. The maximum atomic E-state index is 13.4. The molecule has 0 spiro atoms. The van der Waals surface area contributed by atoms with Crippen molar-refractivity contribution in [2.24, 2.45) is 0 Å². The summed E-state index contributed by atoms with van der Waals surface area (Å²) in [7, 11) is -3.57. The van der Waals surface area contributed by atoms with Gasteiger partial charge in [0.15, 0.2) is 9.84 Å². The molecule has 0 unspecified atom stereocenters. The highest BCUT2D eigenvalue weighted by molar-refractivity contribution is 7.94. The smallest absolute Gasteiger partial charge is 0.278 e. The van der Waals surface area contributed by atoms with Gasteiger partial charge in [-0.15, -0.1) is 0 Å². The third kappa shape index (κ3) is 9.38. The molecule has 0 amide bonds. The number of halogens is 2. The van der Waals surface area contributed by atoms with Crippen LogP contribution in [0.3, 0.4) is 0 Å². The van der Waals surface area contributed by atoms with Gasteiger partial charge in [-0.2, -0.15) is 0 Å². The highest BCUT2D eigenvalue weighted by atomic mass is 32.2. The van der Waals surface area contributed by atoms with Crippen LogP contribution in [0, 0.1) is 0 Å². The van der Waals surface area contributed by atoms with Crippen molar-refractivity contribution in [1.29, 1.82) is 0 Å². The number of rotatable bonds is 13. The van der Waals surface area contributed by atoms with Crippen molar-refractivity contribution in [2.75, 3.05) is 18.8 Å². The van der Waals surface area contributed by atoms with Gasteiger partial charge < -0.3 is 4.90 Å². The summed E-state index contributed by atoms with van der Waals surface area (Å²) in [5.74, 6) is -0.0824. The minimum atomic E-state index is -3.57. The monoisotopic (exact) mass is 339 g/mol. The first kappa shape index (κ1) is 21.4. The molecule has 0 heterocycles. The molecule has 0 atom stereocenters. The molecule has 0 saturated heterocycles. The Kier molecular flexibility index (Phi) is 11.5. The standard InChI is InChI=1S/C16H31F2NO2S/c1-4-7-9-11-19(12-10-8-5-2)15(16(17)18)14-22(20,21)13-6-3/h14,16H,4-13H2,1-3H3. The molecule has 0 aromatic carbocycles. The van der Waals surface area contributed by atoms with E-state index in [1.165, 1.54) is 0 Å². The summed E-state index contributed by atoms with van der Waals surface area (Å²) in [5.41, 5.74) is -0.333. The molecule has 0 radical (unpaired) electrons. The first-order valence-electron chi connectivity index (χ1n) is 8.35. The fourth-order valence-electron chi connectivity index (χ4n) is 2.27. The van der Waals surface area contributed by atoms with Crippen LogP contribution in [0.5, 0.6) is 0 Å². The fraction of sp³-hybridized carbons (Fsp3) is 0.875. The number of sulfone groups is 1. The van der Waals surface area contributed by atoms with Crippen molar-refractivity contribution >= 4 is 9.84 Å². The summed E-state index contributed by atoms with van der Waals surface area (Å²) >= 11 is 0. The third-order valence-electron chi connectivity index (χ3n) is 3.44. The third-order valence-corrected chi connectivity index (χ3v) is 5.02. The van der Waals surface area contributed by atoms with Gasteiger partial charge in [0.2, 0.25) is 0 Å². The van der Waals surface area contributed by atoms with Gasteiger partial charge >= 0.3 is 0 Å². The van der Waals surface area contributed by atoms with E-state index in [0.717, 1.165) is 43.9 Å². The van der Waals surface area contributed by atoms with Crippen molar-refractivity contribution in [1.82, 2.24) is 4.90 Å². The van der Waals surface area contributed by atoms with Crippen LogP contribution in [-0.2, 0) is 9.84 Å². The predicted molar refractivity (Wildman–Crippen MR) is 88.8 cm³/mol. The van der Waals surface area contributed by atoms with Gasteiger partial charge in [0.05, 0.1) is 16.9 Å². The molecule has 0 N–H and O–H groups in total. The van der Waals surface area contributed by atoms with E-state index in [9.17, 15) is 17.2 Å². The van der Waals surface area contributed by atoms with Crippen molar-refractivity contribution in [2.45, 2.75) is 72.1 Å². The zero-order valence-electron chi connectivity index (χ0n) is 14.2. The van der Waals surface area contributed by atoms with Gasteiger partial charge in [0, 0.05) is 13.1 Å². The molecular formula is C16H31F2NO2S. The number of allylic oxidation sites excluding steroid dienone is 1. The van der Waals surface area contributed by atoms with E-state index < -0.39 is 16.3 Å². The molecule has 132 valence electrons.